The summed E-state index contributed by atoms with van der Waals surface area (Å²) < 4.78 is 4.74. The molecule has 0 aliphatic carbocycles. The number of methoxy groups -OCH3 is 1. The molecule has 0 rings (SSSR count). The lowest BCUT2D eigenvalue weighted by molar-refractivity contribution is -0.165. The van der Waals surface area contributed by atoms with Crippen molar-refractivity contribution in [1.82, 2.24) is 0 Å². The zero-order valence-electron chi connectivity index (χ0n) is 5.80. The minimum Gasteiger partial charge on any atom is -0.371 e. The summed E-state index contributed by atoms with van der Waals surface area (Å²) in [5.41, 5.74) is -0.936. The van der Waals surface area contributed by atoms with Gasteiger partial charge in [-0.15, -0.1) is 0 Å². The Balaban J connectivity index is 3.97. The summed E-state index contributed by atoms with van der Waals surface area (Å²) in [6.07, 6.45) is 0. The van der Waals surface area contributed by atoms with Crippen molar-refractivity contribution < 1.29 is 14.4 Å². The van der Waals surface area contributed by atoms with E-state index in [1.807, 2.05) is 0 Å². The quantitative estimate of drug-likeness (QED) is 0.531. The van der Waals surface area contributed by atoms with E-state index < -0.39 is 11.6 Å². The van der Waals surface area contributed by atoms with Gasteiger partial charge >= 0.3 is 5.97 Å². The van der Waals surface area contributed by atoms with Gasteiger partial charge in [0.2, 0.25) is 0 Å². The lowest BCUT2D eigenvalue weighted by Gasteiger charge is -2.17. The van der Waals surface area contributed by atoms with E-state index in [2.05, 4.69) is 10.7 Å². The van der Waals surface area contributed by atoms with Crippen molar-refractivity contribution in [1.29, 1.82) is 0 Å². The number of hydrogen-bond donors (Lipinski definition) is 1. The molecule has 0 heterocycles. The second-order valence-electron chi connectivity index (χ2n) is 2.12. The molecule has 0 aliphatic rings. The first-order chi connectivity index (χ1) is 4.04. The Kier molecular flexibility index (Phi) is 2.61. The summed E-state index contributed by atoms with van der Waals surface area (Å²) in [6.45, 7) is 3.14. The summed E-state index contributed by atoms with van der Waals surface area (Å²) in [5.74, 6) is 4.03. The van der Waals surface area contributed by atoms with E-state index in [1.165, 1.54) is 7.11 Å². The molecule has 0 unspecified atom stereocenters. The molecule has 0 atom stereocenters. The summed E-state index contributed by atoms with van der Waals surface area (Å²) in [6, 6.07) is 0. The van der Waals surface area contributed by atoms with Crippen molar-refractivity contribution in [3.63, 3.8) is 0 Å². The maximum atomic E-state index is 10.6. The SMILES string of the molecule is COC(C)(C)C(=O)ON. The average Bonchev–Trinajstić information content (AvgIpc) is 1.86. The van der Waals surface area contributed by atoms with Crippen molar-refractivity contribution in [3.05, 3.63) is 0 Å². The van der Waals surface area contributed by atoms with Crippen LogP contribution in [0.1, 0.15) is 13.8 Å². The molecular formula is C5H11NO3. The van der Waals surface area contributed by atoms with Gasteiger partial charge in [0.05, 0.1) is 0 Å². The Bertz CT molecular complexity index is 111. The van der Waals surface area contributed by atoms with Crippen LogP contribution in [0.2, 0.25) is 0 Å². The molecule has 2 N–H and O–H groups in total. The second-order valence-corrected chi connectivity index (χ2v) is 2.12. The Morgan fingerprint density at radius 1 is 1.56 bits per heavy atom. The van der Waals surface area contributed by atoms with Crippen LogP contribution in [0.25, 0.3) is 0 Å². The van der Waals surface area contributed by atoms with Crippen LogP contribution in [0, 0.1) is 0 Å². The van der Waals surface area contributed by atoms with Crippen LogP contribution < -0.4 is 5.90 Å². The number of nitrogens with two attached hydrogens (primary N) is 1. The minimum absolute atomic E-state index is 0.579. The van der Waals surface area contributed by atoms with Crippen molar-refractivity contribution in [2.75, 3.05) is 7.11 Å². The summed E-state index contributed by atoms with van der Waals surface area (Å²) in [7, 11) is 1.41. The smallest absolute Gasteiger partial charge is 0.356 e. The van der Waals surface area contributed by atoms with Gasteiger partial charge in [-0.3, -0.25) is 0 Å². The van der Waals surface area contributed by atoms with Crippen molar-refractivity contribution in [2.24, 2.45) is 5.90 Å². The molecule has 54 valence electrons. The van der Waals surface area contributed by atoms with E-state index in [4.69, 9.17) is 4.74 Å². The molecule has 0 amide bonds. The third kappa shape index (κ3) is 1.99. The van der Waals surface area contributed by atoms with E-state index in [0.717, 1.165) is 0 Å². The van der Waals surface area contributed by atoms with E-state index in [0.29, 0.717) is 0 Å². The van der Waals surface area contributed by atoms with Gasteiger partial charge in [0.15, 0.2) is 5.60 Å². The first-order valence-corrected chi connectivity index (χ1v) is 2.51. The first kappa shape index (κ1) is 8.39. The maximum Gasteiger partial charge on any atom is 0.356 e. The molecule has 4 heteroatoms. The minimum atomic E-state index is -0.936. The molecule has 0 aromatic heterocycles. The van der Waals surface area contributed by atoms with Crippen molar-refractivity contribution in [2.45, 2.75) is 19.4 Å². The maximum absolute atomic E-state index is 10.6. The van der Waals surface area contributed by atoms with Crippen LogP contribution in [-0.4, -0.2) is 18.7 Å². The van der Waals surface area contributed by atoms with Gasteiger partial charge < -0.3 is 9.57 Å². The molecule has 0 radical (unpaired) electrons. The molecule has 0 bridgehead atoms. The number of carbonyl (C=O) groups is 1. The fourth-order valence-electron chi connectivity index (χ4n) is 0.225. The van der Waals surface area contributed by atoms with E-state index in [9.17, 15) is 4.79 Å². The van der Waals surface area contributed by atoms with Gasteiger partial charge in [-0.1, -0.05) is 0 Å². The van der Waals surface area contributed by atoms with Crippen LogP contribution >= 0.6 is 0 Å². The van der Waals surface area contributed by atoms with E-state index in [1.54, 1.807) is 13.8 Å². The summed E-state index contributed by atoms with van der Waals surface area (Å²) >= 11 is 0. The highest BCUT2D eigenvalue weighted by atomic mass is 16.7. The van der Waals surface area contributed by atoms with Crippen molar-refractivity contribution in [3.8, 4) is 0 Å². The van der Waals surface area contributed by atoms with Gasteiger partial charge in [-0.25, -0.2) is 4.79 Å². The predicted molar refractivity (Wildman–Crippen MR) is 31.4 cm³/mol. The predicted octanol–water partition coefficient (Wildman–Crippen LogP) is -0.172. The fraction of sp³-hybridized carbons (Fsp3) is 0.800. The van der Waals surface area contributed by atoms with Crippen LogP contribution in [0.4, 0.5) is 0 Å². The molecule has 0 aromatic carbocycles. The Hall–Kier alpha value is -0.610. The third-order valence-corrected chi connectivity index (χ3v) is 1.11. The first-order valence-electron chi connectivity index (χ1n) is 2.51. The van der Waals surface area contributed by atoms with Crippen LogP contribution in [-0.2, 0) is 14.4 Å². The molecule has 0 aliphatic heterocycles. The highest BCUT2D eigenvalue weighted by molar-refractivity contribution is 5.78. The summed E-state index contributed by atoms with van der Waals surface area (Å²) in [4.78, 5) is 14.5. The number of carbonyl (C=O) groups excluding carboxylic acids is 1. The monoisotopic (exact) mass is 133 g/mol. The lowest BCUT2D eigenvalue weighted by Crippen LogP contribution is -2.37. The standard InChI is InChI=1S/C5H11NO3/c1-5(2,8-3)4(7)9-6/h6H2,1-3H3. The van der Waals surface area contributed by atoms with Gasteiger partial charge in [-0.2, -0.15) is 5.90 Å². The Labute approximate surface area is 53.9 Å². The lowest BCUT2D eigenvalue weighted by atomic mass is 10.1. The highest BCUT2D eigenvalue weighted by Crippen LogP contribution is 2.07. The summed E-state index contributed by atoms with van der Waals surface area (Å²) in [5, 5.41) is 0. The highest BCUT2D eigenvalue weighted by Gasteiger charge is 2.28. The van der Waals surface area contributed by atoms with Crippen LogP contribution in [0.3, 0.4) is 0 Å². The zero-order valence-corrected chi connectivity index (χ0v) is 5.80. The number of rotatable bonds is 2. The molecule has 0 saturated heterocycles. The molecule has 9 heavy (non-hydrogen) atoms. The van der Waals surface area contributed by atoms with Gasteiger partial charge in [0.1, 0.15) is 0 Å². The van der Waals surface area contributed by atoms with Crippen molar-refractivity contribution >= 4 is 5.97 Å². The normalized spacial score (nSPS) is 11.1. The topological polar surface area (TPSA) is 61.5 Å². The second kappa shape index (κ2) is 2.80. The Morgan fingerprint density at radius 3 is 2.11 bits per heavy atom. The largest absolute Gasteiger partial charge is 0.371 e. The van der Waals surface area contributed by atoms with E-state index >= 15 is 0 Å². The number of ether oxygens (including phenoxy) is 1. The zero-order chi connectivity index (χ0) is 7.49. The van der Waals surface area contributed by atoms with Crippen LogP contribution in [0.15, 0.2) is 0 Å². The molecular weight excluding hydrogens is 122 g/mol. The molecule has 0 fully saturated rings. The molecule has 0 aromatic rings. The molecule has 0 spiro atoms. The van der Waals surface area contributed by atoms with Gasteiger partial charge in [-0.05, 0) is 13.8 Å². The van der Waals surface area contributed by atoms with Crippen LogP contribution in [0.5, 0.6) is 0 Å². The average molecular weight is 133 g/mol. The third-order valence-electron chi connectivity index (χ3n) is 1.11. The molecule has 4 nitrogen and oxygen atoms in total. The Morgan fingerprint density at radius 2 is 2.00 bits per heavy atom. The van der Waals surface area contributed by atoms with E-state index in [-0.39, 0.29) is 0 Å². The van der Waals surface area contributed by atoms with Gasteiger partial charge in [0, 0.05) is 7.11 Å². The number of hydrogen-bond acceptors (Lipinski definition) is 4. The molecule has 0 saturated carbocycles. The fourth-order valence-corrected chi connectivity index (χ4v) is 0.225. The van der Waals surface area contributed by atoms with Gasteiger partial charge in [0.25, 0.3) is 0 Å².